The van der Waals surface area contributed by atoms with Crippen LogP contribution in [0.1, 0.15) is 0 Å². The van der Waals surface area contributed by atoms with Crippen LogP contribution in [0.3, 0.4) is 0 Å². The van der Waals surface area contributed by atoms with Crippen molar-refractivity contribution in [1.29, 1.82) is 0 Å². The highest BCUT2D eigenvalue weighted by Crippen LogP contribution is 1.91. The minimum Gasteiger partial charge on any atom is -0.366 e. The predicted octanol–water partition coefficient (Wildman–Crippen LogP) is -0.758. The standard InChI is InChI=1S/C5H9N5/c6-1-2-8-5-3-7-4-9-10-5/h3-4H,1-2,6H2,(H,8,10). The summed E-state index contributed by atoms with van der Waals surface area (Å²) in [6, 6.07) is 0. The van der Waals surface area contributed by atoms with Crippen molar-refractivity contribution in [3.63, 3.8) is 0 Å². The Balaban J connectivity index is 2.43. The van der Waals surface area contributed by atoms with Crippen LogP contribution >= 0.6 is 0 Å². The number of hydrogen-bond donors (Lipinski definition) is 2. The predicted molar refractivity (Wildman–Crippen MR) is 37.4 cm³/mol. The summed E-state index contributed by atoms with van der Waals surface area (Å²) < 4.78 is 0. The highest BCUT2D eigenvalue weighted by Gasteiger charge is 1.88. The monoisotopic (exact) mass is 139 g/mol. The van der Waals surface area contributed by atoms with Crippen molar-refractivity contribution in [2.75, 3.05) is 18.4 Å². The van der Waals surface area contributed by atoms with E-state index >= 15 is 0 Å². The van der Waals surface area contributed by atoms with Crippen LogP contribution in [0.25, 0.3) is 0 Å². The molecule has 0 amide bonds. The first-order valence-corrected chi connectivity index (χ1v) is 3.00. The number of nitrogens with one attached hydrogen (secondary N) is 1. The molecule has 0 spiro atoms. The zero-order chi connectivity index (χ0) is 7.23. The number of anilines is 1. The smallest absolute Gasteiger partial charge is 0.167 e. The molecule has 10 heavy (non-hydrogen) atoms. The van der Waals surface area contributed by atoms with Crippen LogP contribution < -0.4 is 11.1 Å². The molecule has 0 radical (unpaired) electrons. The third-order valence-electron chi connectivity index (χ3n) is 0.931. The quantitative estimate of drug-likeness (QED) is 0.575. The molecule has 5 nitrogen and oxygen atoms in total. The van der Waals surface area contributed by atoms with Crippen molar-refractivity contribution in [2.24, 2.45) is 5.73 Å². The first kappa shape index (κ1) is 6.88. The van der Waals surface area contributed by atoms with Crippen LogP contribution in [-0.2, 0) is 0 Å². The minimum absolute atomic E-state index is 0.580. The van der Waals surface area contributed by atoms with Gasteiger partial charge in [-0.05, 0) is 0 Å². The van der Waals surface area contributed by atoms with Gasteiger partial charge in [0.15, 0.2) is 5.82 Å². The van der Waals surface area contributed by atoms with Gasteiger partial charge in [0.2, 0.25) is 0 Å². The van der Waals surface area contributed by atoms with Crippen molar-refractivity contribution in [3.05, 3.63) is 12.5 Å². The van der Waals surface area contributed by atoms with Gasteiger partial charge in [0, 0.05) is 13.1 Å². The Morgan fingerprint density at radius 1 is 1.60 bits per heavy atom. The maximum Gasteiger partial charge on any atom is 0.167 e. The summed E-state index contributed by atoms with van der Waals surface area (Å²) >= 11 is 0. The zero-order valence-electron chi connectivity index (χ0n) is 5.49. The summed E-state index contributed by atoms with van der Waals surface area (Å²) in [5.74, 6) is 0.660. The lowest BCUT2D eigenvalue weighted by Crippen LogP contribution is -2.14. The Labute approximate surface area is 58.7 Å². The van der Waals surface area contributed by atoms with Crippen molar-refractivity contribution >= 4 is 5.82 Å². The lowest BCUT2D eigenvalue weighted by atomic mass is 10.6. The summed E-state index contributed by atoms with van der Waals surface area (Å²) in [6.45, 7) is 1.27. The van der Waals surface area contributed by atoms with E-state index in [-0.39, 0.29) is 0 Å². The van der Waals surface area contributed by atoms with E-state index in [0.717, 1.165) is 0 Å². The lowest BCUT2D eigenvalue weighted by molar-refractivity contribution is 0.938. The van der Waals surface area contributed by atoms with Crippen molar-refractivity contribution < 1.29 is 0 Å². The van der Waals surface area contributed by atoms with Gasteiger partial charge in [-0.3, -0.25) is 0 Å². The van der Waals surface area contributed by atoms with Gasteiger partial charge >= 0.3 is 0 Å². The topological polar surface area (TPSA) is 76.7 Å². The summed E-state index contributed by atoms with van der Waals surface area (Å²) in [7, 11) is 0. The molecule has 0 aromatic carbocycles. The van der Waals surface area contributed by atoms with Crippen molar-refractivity contribution in [1.82, 2.24) is 15.2 Å². The van der Waals surface area contributed by atoms with Gasteiger partial charge in [0.25, 0.3) is 0 Å². The van der Waals surface area contributed by atoms with Gasteiger partial charge in [-0.25, -0.2) is 4.98 Å². The van der Waals surface area contributed by atoms with Crippen LogP contribution in [0.15, 0.2) is 12.5 Å². The van der Waals surface area contributed by atoms with E-state index in [9.17, 15) is 0 Å². The van der Waals surface area contributed by atoms with Crippen LogP contribution in [0.2, 0.25) is 0 Å². The Morgan fingerprint density at radius 3 is 3.10 bits per heavy atom. The SMILES string of the molecule is NCCNc1cncnn1. The molecule has 1 rings (SSSR count). The summed E-state index contributed by atoms with van der Waals surface area (Å²) in [5, 5.41) is 10.2. The molecule has 1 heterocycles. The zero-order valence-corrected chi connectivity index (χ0v) is 5.49. The van der Waals surface area contributed by atoms with E-state index in [1.165, 1.54) is 6.33 Å². The van der Waals surface area contributed by atoms with Gasteiger partial charge in [-0.1, -0.05) is 0 Å². The molecule has 0 saturated carbocycles. The van der Waals surface area contributed by atoms with E-state index < -0.39 is 0 Å². The summed E-state index contributed by atoms with van der Waals surface area (Å²) in [4.78, 5) is 3.76. The third kappa shape index (κ3) is 1.94. The van der Waals surface area contributed by atoms with Gasteiger partial charge in [0.1, 0.15) is 6.33 Å². The van der Waals surface area contributed by atoms with E-state index in [1.807, 2.05) is 0 Å². The fraction of sp³-hybridized carbons (Fsp3) is 0.400. The molecular formula is C5H9N5. The number of nitrogens with zero attached hydrogens (tertiary/aromatic N) is 3. The molecule has 0 aliphatic rings. The largest absolute Gasteiger partial charge is 0.366 e. The Morgan fingerprint density at radius 2 is 2.50 bits per heavy atom. The molecule has 0 aliphatic heterocycles. The highest BCUT2D eigenvalue weighted by molar-refractivity contribution is 5.27. The number of aromatic nitrogens is 3. The van der Waals surface area contributed by atoms with Gasteiger partial charge in [0.05, 0.1) is 6.20 Å². The van der Waals surface area contributed by atoms with Gasteiger partial charge in [-0.15, -0.1) is 10.2 Å². The van der Waals surface area contributed by atoms with Crippen molar-refractivity contribution in [3.8, 4) is 0 Å². The average Bonchev–Trinajstić information content (AvgIpc) is 2.03. The maximum absolute atomic E-state index is 5.25. The van der Waals surface area contributed by atoms with E-state index in [1.54, 1.807) is 6.20 Å². The van der Waals surface area contributed by atoms with Crippen LogP contribution in [0, 0.1) is 0 Å². The molecule has 0 atom stereocenters. The molecule has 54 valence electrons. The molecular weight excluding hydrogens is 130 g/mol. The molecule has 0 fully saturated rings. The molecule has 3 N–H and O–H groups in total. The van der Waals surface area contributed by atoms with E-state index in [4.69, 9.17) is 5.73 Å². The fourth-order valence-corrected chi connectivity index (χ4v) is 0.529. The Kier molecular flexibility index (Phi) is 2.57. The van der Waals surface area contributed by atoms with Crippen LogP contribution in [0.4, 0.5) is 5.82 Å². The lowest BCUT2D eigenvalue weighted by Gasteiger charge is -1.98. The van der Waals surface area contributed by atoms with Gasteiger partial charge < -0.3 is 11.1 Å². The normalized spacial score (nSPS) is 9.30. The molecule has 1 aromatic rings. The summed E-state index contributed by atoms with van der Waals surface area (Å²) in [6.07, 6.45) is 2.98. The molecule has 0 unspecified atom stereocenters. The maximum atomic E-state index is 5.25. The second-order valence-electron chi connectivity index (χ2n) is 1.71. The molecule has 0 saturated heterocycles. The number of hydrogen-bond acceptors (Lipinski definition) is 5. The number of rotatable bonds is 3. The Hall–Kier alpha value is -1.23. The highest BCUT2D eigenvalue weighted by atomic mass is 15.2. The minimum atomic E-state index is 0.580. The van der Waals surface area contributed by atoms with E-state index in [0.29, 0.717) is 18.9 Å². The first-order chi connectivity index (χ1) is 4.93. The molecule has 5 heteroatoms. The molecule has 0 aliphatic carbocycles. The van der Waals surface area contributed by atoms with E-state index in [2.05, 4.69) is 20.5 Å². The van der Waals surface area contributed by atoms with Crippen LogP contribution in [0.5, 0.6) is 0 Å². The average molecular weight is 139 g/mol. The molecule has 1 aromatic heterocycles. The summed E-state index contributed by atoms with van der Waals surface area (Å²) in [5.41, 5.74) is 5.25. The number of nitrogens with two attached hydrogens (primary N) is 1. The van der Waals surface area contributed by atoms with Crippen LogP contribution in [-0.4, -0.2) is 28.3 Å². The Bertz CT molecular complexity index is 175. The second-order valence-corrected chi connectivity index (χ2v) is 1.71. The third-order valence-corrected chi connectivity index (χ3v) is 0.931. The second kappa shape index (κ2) is 3.73. The van der Waals surface area contributed by atoms with Gasteiger partial charge in [-0.2, -0.15) is 0 Å². The fourth-order valence-electron chi connectivity index (χ4n) is 0.529. The van der Waals surface area contributed by atoms with Crippen molar-refractivity contribution in [2.45, 2.75) is 0 Å². The molecule has 0 bridgehead atoms. The first-order valence-electron chi connectivity index (χ1n) is 3.00.